The molecule has 0 unspecified atom stereocenters. The van der Waals surface area contributed by atoms with E-state index in [4.69, 9.17) is 0 Å². The Morgan fingerprint density at radius 3 is 2.17 bits per heavy atom. The molecule has 0 saturated heterocycles. The van der Waals surface area contributed by atoms with Crippen LogP contribution in [-0.2, 0) is 16.4 Å². The number of sulfonamides is 1. The number of carbonyl (C=O) groups is 1. The zero-order valence-electron chi connectivity index (χ0n) is 18.0. The van der Waals surface area contributed by atoms with E-state index < -0.39 is 10.0 Å². The van der Waals surface area contributed by atoms with E-state index >= 15 is 0 Å². The third kappa shape index (κ3) is 4.17. The number of hydrogen-bond donors (Lipinski definition) is 1. The summed E-state index contributed by atoms with van der Waals surface area (Å²) in [6, 6.07) is 11.3. The van der Waals surface area contributed by atoms with Crippen molar-refractivity contribution in [1.29, 1.82) is 0 Å². The smallest absolute Gasteiger partial charge is 0.255 e. The number of amides is 1. The normalized spacial score (nSPS) is 16.4. The number of para-hydroxylation sites is 1. The fourth-order valence-electron chi connectivity index (χ4n) is 4.13. The zero-order chi connectivity index (χ0) is 21.5. The Hall–Kier alpha value is -2.34. The summed E-state index contributed by atoms with van der Waals surface area (Å²) in [5.41, 5.74) is 5.21. The minimum atomic E-state index is -3.34. The number of anilines is 2. The molecule has 156 valence electrons. The van der Waals surface area contributed by atoms with Gasteiger partial charge in [-0.05, 0) is 60.1 Å². The lowest BCUT2D eigenvalue weighted by molar-refractivity contribution is 0.102. The van der Waals surface area contributed by atoms with Gasteiger partial charge in [-0.3, -0.25) is 9.10 Å². The number of benzene rings is 2. The van der Waals surface area contributed by atoms with Gasteiger partial charge in [0.15, 0.2) is 0 Å². The lowest BCUT2D eigenvalue weighted by Gasteiger charge is -2.22. The zero-order valence-corrected chi connectivity index (χ0v) is 18.8. The molecule has 0 radical (unpaired) electrons. The van der Waals surface area contributed by atoms with Gasteiger partial charge < -0.3 is 5.32 Å². The molecule has 0 aromatic heterocycles. The topological polar surface area (TPSA) is 66.5 Å². The quantitative estimate of drug-likeness (QED) is 0.757. The highest BCUT2D eigenvalue weighted by Crippen LogP contribution is 2.36. The van der Waals surface area contributed by atoms with E-state index in [1.165, 1.54) is 10.6 Å². The summed E-state index contributed by atoms with van der Waals surface area (Å²) in [4.78, 5) is 13.1. The molecular formula is C23H30N2O3S. The van der Waals surface area contributed by atoms with Gasteiger partial charge in [-0.15, -0.1) is 0 Å². The van der Waals surface area contributed by atoms with E-state index in [9.17, 15) is 13.2 Å². The minimum absolute atomic E-state index is 0.146. The maximum atomic E-state index is 13.1. The molecule has 1 heterocycles. The van der Waals surface area contributed by atoms with Crippen LogP contribution in [0.15, 0.2) is 36.4 Å². The van der Waals surface area contributed by atoms with Crippen LogP contribution in [0.25, 0.3) is 0 Å². The Kier molecular flexibility index (Phi) is 5.77. The maximum Gasteiger partial charge on any atom is 0.255 e. The first-order chi connectivity index (χ1) is 13.5. The van der Waals surface area contributed by atoms with Crippen LogP contribution >= 0.6 is 0 Å². The van der Waals surface area contributed by atoms with Crippen LogP contribution in [0.3, 0.4) is 0 Å². The van der Waals surface area contributed by atoms with Crippen molar-refractivity contribution >= 4 is 27.3 Å². The lowest BCUT2D eigenvalue weighted by Crippen LogP contribution is -2.34. The van der Waals surface area contributed by atoms with Gasteiger partial charge >= 0.3 is 0 Å². The van der Waals surface area contributed by atoms with Crippen LogP contribution in [0, 0.1) is 0 Å². The largest absolute Gasteiger partial charge is 0.321 e. The average molecular weight is 415 g/mol. The van der Waals surface area contributed by atoms with Crippen molar-refractivity contribution in [3.63, 3.8) is 0 Å². The molecule has 5 nitrogen and oxygen atoms in total. The molecule has 1 amide bonds. The molecule has 0 aliphatic carbocycles. The van der Waals surface area contributed by atoms with Crippen LogP contribution in [-0.4, -0.2) is 26.6 Å². The van der Waals surface area contributed by atoms with Crippen molar-refractivity contribution in [3.8, 4) is 0 Å². The summed E-state index contributed by atoms with van der Waals surface area (Å²) in [5.74, 6) is 0.398. The monoisotopic (exact) mass is 414 g/mol. The summed E-state index contributed by atoms with van der Waals surface area (Å²) in [5, 5.41) is 3.13. The molecule has 0 fully saturated rings. The Morgan fingerprint density at radius 1 is 1.07 bits per heavy atom. The third-order valence-corrected chi connectivity index (χ3v) is 6.73. The lowest BCUT2D eigenvalue weighted by atomic mass is 9.92. The highest BCUT2D eigenvalue weighted by Gasteiger charge is 2.32. The van der Waals surface area contributed by atoms with Gasteiger partial charge in [0.25, 0.3) is 5.91 Å². The van der Waals surface area contributed by atoms with Crippen molar-refractivity contribution in [3.05, 3.63) is 58.7 Å². The van der Waals surface area contributed by atoms with E-state index in [2.05, 4.69) is 45.1 Å². The maximum absolute atomic E-state index is 13.1. The molecule has 3 rings (SSSR count). The second-order valence-electron chi connectivity index (χ2n) is 8.53. The SMILES string of the molecule is CC(C)c1cccc(C(C)C)c1NC(=O)c1ccc2c(c1)C[C@@H](C)N2S(C)(=O)=O. The standard InChI is InChI=1S/C23H30N2O3S/c1-14(2)19-8-7-9-20(15(3)4)22(19)24-23(26)17-10-11-21-18(13-17)12-16(5)25(21)29(6,27)28/h7-11,13-16H,12H2,1-6H3,(H,24,26)/t16-/m1/s1. The first-order valence-electron chi connectivity index (χ1n) is 10.1. The van der Waals surface area contributed by atoms with Gasteiger partial charge in [0.1, 0.15) is 0 Å². The van der Waals surface area contributed by atoms with Crippen LogP contribution in [0.1, 0.15) is 73.5 Å². The van der Waals surface area contributed by atoms with E-state index in [1.807, 2.05) is 19.1 Å². The van der Waals surface area contributed by atoms with Crippen molar-refractivity contribution in [2.75, 3.05) is 15.9 Å². The minimum Gasteiger partial charge on any atom is -0.321 e. The van der Waals surface area contributed by atoms with Gasteiger partial charge in [0.05, 0.1) is 11.9 Å². The second kappa shape index (κ2) is 7.82. The van der Waals surface area contributed by atoms with Gasteiger partial charge in [-0.1, -0.05) is 45.9 Å². The van der Waals surface area contributed by atoms with Gasteiger partial charge in [-0.2, -0.15) is 0 Å². The highest BCUT2D eigenvalue weighted by atomic mass is 32.2. The molecular weight excluding hydrogens is 384 g/mol. The molecule has 2 aromatic carbocycles. The second-order valence-corrected chi connectivity index (χ2v) is 10.4. The Morgan fingerprint density at radius 2 is 1.66 bits per heavy atom. The summed E-state index contributed by atoms with van der Waals surface area (Å²) in [6.45, 7) is 10.4. The average Bonchev–Trinajstić information content (AvgIpc) is 2.96. The number of nitrogens with one attached hydrogen (secondary N) is 1. The third-order valence-electron chi connectivity index (χ3n) is 5.46. The van der Waals surface area contributed by atoms with Gasteiger partial charge in [-0.25, -0.2) is 8.42 Å². The molecule has 29 heavy (non-hydrogen) atoms. The first kappa shape index (κ1) is 21.4. The van der Waals surface area contributed by atoms with Gasteiger partial charge in [0, 0.05) is 17.3 Å². The van der Waals surface area contributed by atoms with Gasteiger partial charge in [0.2, 0.25) is 10.0 Å². The molecule has 0 bridgehead atoms. The fourth-order valence-corrected chi connectivity index (χ4v) is 5.39. The van der Waals surface area contributed by atoms with Crippen molar-refractivity contribution in [2.45, 2.75) is 58.9 Å². The number of fused-ring (bicyclic) bond motifs is 1. The number of rotatable bonds is 5. The van der Waals surface area contributed by atoms with Crippen molar-refractivity contribution in [1.82, 2.24) is 0 Å². The highest BCUT2D eigenvalue weighted by molar-refractivity contribution is 7.92. The number of nitrogens with zero attached hydrogens (tertiary/aromatic N) is 1. The summed E-state index contributed by atoms with van der Waals surface area (Å²) >= 11 is 0. The molecule has 1 aliphatic heterocycles. The van der Waals surface area contributed by atoms with E-state index in [0.29, 0.717) is 17.7 Å². The van der Waals surface area contributed by atoms with Crippen LogP contribution in [0.4, 0.5) is 11.4 Å². The van der Waals surface area contributed by atoms with Crippen LogP contribution in [0.2, 0.25) is 0 Å². The molecule has 1 N–H and O–H groups in total. The van der Waals surface area contributed by atoms with E-state index in [0.717, 1.165) is 22.4 Å². The predicted molar refractivity (Wildman–Crippen MR) is 120 cm³/mol. The molecule has 1 atom stereocenters. The van der Waals surface area contributed by atoms with Crippen molar-refractivity contribution < 1.29 is 13.2 Å². The molecule has 1 aliphatic rings. The Labute approximate surface area is 174 Å². The predicted octanol–water partition coefficient (Wildman–Crippen LogP) is 4.90. The summed E-state index contributed by atoms with van der Waals surface area (Å²) < 4.78 is 25.7. The van der Waals surface area contributed by atoms with Crippen LogP contribution in [0.5, 0.6) is 0 Å². The fraction of sp³-hybridized carbons (Fsp3) is 0.435. The Bertz CT molecular complexity index is 1020. The molecule has 2 aromatic rings. The van der Waals surface area contributed by atoms with Crippen LogP contribution < -0.4 is 9.62 Å². The first-order valence-corrected chi connectivity index (χ1v) is 11.9. The van der Waals surface area contributed by atoms with E-state index in [-0.39, 0.29) is 23.8 Å². The van der Waals surface area contributed by atoms with Crippen molar-refractivity contribution in [2.24, 2.45) is 0 Å². The summed E-state index contributed by atoms with van der Waals surface area (Å²) in [7, 11) is -3.34. The number of carbonyl (C=O) groups excluding carboxylic acids is 1. The summed E-state index contributed by atoms with van der Waals surface area (Å²) in [6.07, 6.45) is 1.82. The Balaban J connectivity index is 1.96. The molecule has 0 spiro atoms. The molecule has 0 saturated carbocycles. The molecule has 6 heteroatoms. The van der Waals surface area contributed by atoms with E-state index in [1.54, 1.807) is 12.1 Å². The number of hydrogen-bond acceptors (Lipinski definition) is 3.